The Morgan fingerprint density at radius 2 is 2.33 bits per heavy atom. The number of nitrogens with one attached hydrogen (secondary N) is 2. The van der Waals surface area contributed by atoms with Crippen LogP contribution in [0.1, 0.15) is 6.92 Å². The molecule has 24 heavy (non-hydrogen) atoms. The van der Waals surface area contributed by atoms with Crippen molar-refractivity contribution < 1.29 is 9.53 Å². The second kappa shape index (κ2) is 8.91. The number of halogens is 1. The highest BCUT2D eigenvalue weighted by Crippen LogP contribution is 2.31. The molecule has 9 heteroatoms. The summed E-state index contributed by atoms with van der Waals surface area (Å²) in [6.45, 7) is 6.05. The van der Waals surface area contributed by atoms with Crippen LogP contribution >= 0.6 is 34.7 Å². The molecule has 0 saturated heterocycles. The maximum Gasteiger partial charge on any atom is 0.237 e. The minimum atomic E-state index is -0.353. The number of nitrogens with zero attached hydrogens (tertiary/aromatic N) is 2. The van der Waals surface area contributed by atoms with E-state index in [2.05, 4.69) is 27.4 Å². The number of hydrogen-bond donors (Lipinski definition) is 2. The molecule has 1 atom stereocenters. The number of hydrogen-bond acceptors (Lipinski definition) is 7. The van der Waals surface area contributed by atoms with Gasteiger partial charge in [0.05, 0.1) is 18.0 Å². The van der Waals surface area contributed by atoms with Gasteiger partial charge in [-0.15, -0.1) is 16.8 Å². The van der Waals surface area contributed by atoms with E-state index in [1.54, 1.807) is 31.2 Å². The van der Waals surface area contributed by atoms with Crippen molar-refractivity contribution in [3.8, 4) is 5.75 Å². The van der Waals surface area contributed by atoms with Crippen LogP contribution in [0.3, 0.4) is 0 Å². The minimum Gasteiger partial charge on any atom is -0.495 e. The van der Waals surface area contributed by atoms with Crippen molar-refractivity contribution in [1.82, 2.24) is 10.2 Å². The molecular weight excluding hydrogens is 368 g/mol. The molecule has 0 unspecified atom stereocenters. The molecule has 128 valence electrons. The van der Waals surface area contributed by atoms with Gasteiger partial charge in [0.25, 0.3) is 0 Å². The lowest BCUT2D eigenvalue weighted by Gasteiger charge is -2.13. The van der Waals surface area contributed by atoms with Crippen LogP contribution in [0.2, 0.25) is 5.02 Å². The zero-order chi connectivity index (χ0) is 17.5. The summed E-state index contributed by atoms with van der Waals surface area (Å²) in [6.07, 6.45) is 1.74. The van der Waals surface area contributed by atoms with Crippen molar-refractivity contribution in [2.45, 2.75) is 16.5 Å². The summed E-state index contributed by atoms with van der Waals surface area (Å²) < 4.78 is 5.93. The molecule has 1 heterocycles. The van der Waals surface area contributed by atoms with Gasteiger partial charge in [0.1, 0.15) is 5.75 Å². The number of amides is 1. The lowest BCUT2D eigenvalue weighted by Crippen LogP contribution is -2.22. The van der Waals surface area contributed by atoms with Gasteiger partial charge in [0, 0.05) is 11.6 Å². The number of ether oxygens (including phenoxy) is 1. The Hall–Kier alpha value is -1.77. The van der Waals surface area contributed by atoms with E-state index in [1.165, 1.54) is 30.2 Å². The molecule has 0 fully saturated rings. The highest BCUT2D eigenvalue weighted by Gasteiger charge is 2.18. The molecule has 0 aliphatic rings. The topological polar surface area (TPSA) is 76.1 Å². The third-order valence-corrected chi connectivity index (χ3v) is 5.17. The summed E-state index contributed by atoms with van der Waals surface area (Å²) in [5, 5.41) is 14.8. The zero-order valence-corrected chi connectivity index (χ0v) is 15.6. The third-order valence-electron chi connectivity index (χ3n) is 2.87. The van der Waals surface area contributed by atoms with Gasteiger partial charge < -0.3 is 15.4 Å². The Bertz CT molecular complexity index is 723. The van der Waals surface area contributed by atoms with E-state index in [-0.39, 0.29) is 11.2 Å². The largest absolute Gasteiger partial charge is 0.495 e. The van der Waals surface area contributed by atoms with Crippen molar-refractivity contribution in [2.24, 2.45) is 0 Å². The molecule has 0 saturated carbocycles. The lowest BCUT2D eigenvalue weighted by atomic mass is 10.3. The smallest absolute Gasteiger partial charge is 0.237 e. The van der Waals surface area contributed by atoms with Crippen LogP contribution < -0.4 is 15.4 Å². The summed E-state index contributed by atoms with van der Waals surface area (Å²) in [6, 6.07) is 5.06. The van der Waals surface area contributed by atoms with Crippen molar-refractivity contribution in [3.05, 3.63) is 35.9 Å². The fourth-order valence-electron chi connectivity index (χ4n) is 1.71. The molecule has 0 spiro atoms. The summed E-state index contributed by atoms with van der Waals surface area (Å²) in [5.74, 6) is 0.383. The van der Waals surface area contributed by atoms with Gasteiger partial charge in [-0.25, -0.2) is 0 Å². The standard InChI is InChI=1S/C15H17ClN4O2S2/c1-4-7-17-14-19-20-15(24-14)23-9(2)13(21)18-11-8-10(16)5-6-12(11)22-3/h4-6,8-9H,1,7H2,2-3H3,(H,17,19)(H,18,21)/t9-/m1/s1. The maximum atomic E-state index is 12.4. The highest BCUT2D eigenvalue weighted by molar-refractivity contribution is 8.02. The van der Waals surface area contributed by atoms with Crippen molar-refractivity contribution in [1.29, 1.82) is 0 Å². The van der Waals surface area contributed by atoms with Crippen LogP contribution in [0, 0.1) is 0 Å². The van der Waals surface area contributed by atoms with E-state index in [4.69, 9.17) is 16.3 Å². The van der Waals surface area contributed by atoms with Crippen molar-refractivity contribution >= 4 is 51.4 Å². The molecule has 1 amide bonds. The van der Waals surface area contributed by atoms with Gasteiger partial charge in [-0.1, -0.05) is 40.8 Å². The van der Waals surface area contributed by atoms with E-state index in [0.29, 0.717) is 32.5 Å². The summed E-state index contributed by atoms with van der Waals surface area (Å²) in [7, 11) is 1.54. The van der Waals surface area contributed by atoms with Gasteiger partial charge in [-0.2, -0.15) is 0 Å². The first-order valence-electron chi connectivity index (χ1n) is 7.02. The van der Waals surface area contributed by atoms with E-state index in [9.17, 15) is 4.79 Å². The minimum absolute atomic E-state index is 0.170. The van der Waals surface area contributed by atoms with Crippen LogP contribution in [-0.4, -0.2) is 35.0 Å². The summed E-state index contributed by atoms with van der Waals surface area (Å²) >= 11 is 8.70. The molecule has 0 radical (unpaired) electrons. The first-order chi connectivity index (χ1) is 11.5. The maximum absolute atomic E-state index is 12.4. The lowest BCUT2D eigenvalue weighted by molar-refractivity contribution is -0.115. The molecular formula is C15H17ClN4O2S2. The van der Waals surface area contributed by atoms with E-state index >= 15 is 0 Å². The fraction of sp³-hybridized carbons (Fsp3) is 0.267. The van der Waals surface area contributed by atoms with Crippen LogP contribution in [0.5, 0.6) is 5.75 Å². The predicted molar refractivity (Wildman–Crippen MR) is 101 cm³/mol. The van der Waals surface area contributed by atoms with Gasteiger partial charge >= 0.3 is 0 Å². The Morgan fingerprint density at radius 1 is 1.54 bits per heavy atom. The predicted octanol–water partition coefficient (Wildman–Crippen LogP) is 3.92. The van der Waals surface area contributed by atoms with Crippen LogP contribution in [0.15, 0.2) is 35.2 Å². The molecule has 2 rings (SSSR count). The van der Waals surface area contributed by atoms with Gasteiger partial charge in [-0.3, -0.25) is 4.79 Å². The number of aromatic nitrogens is 2. The summed E-state index contributed by atoms with van der Waals surface area (Å²) in [5.41, 5.74) is 0.535. The molecule has 0 aliphatic heterocycles. The second-order valence-electron chi connectivity index (χ2n) is 4.64. The van der Waals surface area contributed by atoms with E-state index in [0.717, 1.165) is 0 Å². The summed E-state index contributed by atoms with van der Waals surface area (Å²) in [4.78, 5) is 12.4. The molecule has 0 aliphatic carbocycles. The highest BCUT2D eigenvalue weighted by atomic mass is 35.5. The van der Waals surface area contributed by atoms with Gasteiger partial charge in [-0.05, 0) is 25.1 Å². The third kappa shape index (κ3) is 5.12. The number of anilines is 2. The fourth-order valence-corrected chi connectivity index (χ4v) is 3.78. The first kappa shape index (κ1) is 18.6. The number of methoxy groups -OCH3 is 1. The monoisotopic (exact) mass is 384 g/mol. The SMILES string of the molecule is C=CCNc1nnc(S[C@H](C)C(=O)Nc2cc(Cl)ccc2OC)s1. The Labute approximate surface area is 153 Å². The molecule has 1 aromatic heterocycles. The molecule has 6 nitrogen and oxygen atoms in total. The average Bonchev–Trinajstić information content (AvgIpc) is 3.00. The van der Waals surface area contributed by atoms with Crippen molar-refractivity contribution in [2.75, 3.05) is 24.3 Å². The van der Waals surface area contributed by atoms with Gasteiger partial charge in [0.15, 0.2) is 4.34 Å². The Morgan fingerprint density at radius 3 is 3.04 bits per heavy atom. The number of carbonyl (C=O) groups is 1. The second-order valence-corrected chi connectivity index (χ2v) is 7.64. The number of thioether (sulfide) groups is 1. The molecule has 2 aromatic rings. The molecule has 2 N–H and O–H groups in total. The number of rotatable bonds is 8. The average molecular weight is 385 g/mol. The van der Waals surface area contributed by atoms with Crippen LogP contribution in [0.25, 0.3) is 0 Å². The van der Waals surface area contributed by atoms with Gasteiger partial charge in [0.2, 0.25) is 11.0 Å². The molecule has 1 aromatic carbocycles. The molecule has 0 bridgehead atoms. The van der Waals surface area contributed by atoms with Crippen LogP contribution in [-0.2, 0) is 4.79 Å². The quantitative estimate of drug-likeness (QED) is 0.530. The van der Waals surface area contributed by atoms with E-state index < -0.39 is 0 Å². The van der Waals surface area contributed by atoms with Crippen LogP contribution in [0.4, 0.5) is 10.8 Å². The Kier molecular flexibility index (Phi) is 6.89. The number of carbonyl (C=O) groups excluding carboxylic acids is 1. The number of benzene rings is 1. The van der Waals surface area contributed by atoms with Crippen molar-refractivity contribution in [3.63, 3.8) is 0 Å². The Balaban J connectivity index is 1.98. The normalized spacial score (nSPS) is 11.6. The van der Waals surface area contributed by atoms with E-state index in [1.807, 2.05) is 0 Å². The zero-order valence-electron chi connectivity index (χ0n) is 13.2. The first-order valence-corrected chi connectivity index (χ1v) is 9.10.